The van der Waals surface area contributed by atoms with Crippen LogP contribution in [-0.2, 0) is 0 Å². The van der Waals surface area contributed by atoms with Gasteiger partial charge in [0.15, 0.2) is 0 Å². The van der Waals surface area contributed by atoms with Crippen LogP contribution in [0.2, 0.25) is 0 Å². The molecule has 0 radical (unpaired) electrons. The predicted octanol–water partition coefficient (Wildman–Crippen LogP) is 3.17. The Bertz CT molecular complexity index is 1040. The zero-order valence-corrected chi connectivity index (χ0v) is 16.5. The third kappa shape index (κ3) is 3.04. The second-order valence-corrected chi connectivity index (χ2v) is 7.58. The van der Waals surface area contributed by atoms with Crippen LogP contribution in [0.3, 0.4) is 0 Å². The molecule has 5 nitrogen and oxygen atoms in total. The highest BCUT2D eigenvalue weighted by Crippen LogP contribution is 2.23. The number of fused-ring (bicyclic) bond motifs is 1. The molecule has 0 spiro atoms. The van der Waals surface area contributed by atoms with Gasteiger partial charge in [-0.2, -0.15) is 0 Å². The Hall–Kier alpha value is -2.18. The summed E-state index contributed by atoms with van der Waals surface area (Å²) >= 11 is 3.49. The fourth-order valence-corrected chi connectivity index (χ4v) is 4.03. The van der Waals surface area contributed by atoms with Crippen molar-refractivity contribution in [3.8, 4) is 5.69 Å². The van der Waals surface area contributed by atoms with E-state index in [1.54, 1.807) is 4.57 Å². The van der Waals surface area contributed by atoms with Crippen LogP contribution in [-0.4, -0.2) is 35.7 Å². The highest BCUT2D eigenvalue weighted by atomic mass is 79.9. The van der Waals surface area contributed by atoms with Crippen molar-refractivity contribution in [1.82, 2.24) is 14.9 Å². The van der Waals surface area contributed by atoms with Crippen molar-refractivity contribution in [2.45, 2.75) is 13.8 Å². The fourth-order valence-electron chi connectivity index (χ4n) is 3.56. The molecule has 0 unspecified atom stereocenters. The van der Waals surface area contributed by atoms with E-state index in [9.17, 15) is 4.79 Å². The lowest BCUT2D eigenvalue weighted by molar-refractivity contribution is 0.589. The molecule has 1 aliphatic rings. The normalized spacial score (nSPS) is 14.8. The molecule has 134 valence electrons. The van der Waals surface area contributed by atoms with Crippen LogP contribution in [0.15, 0.2) is 45.7 Å². The molecule has 2 heterocycles. The molecule has 4 rings (SSSR count). The van der Waals surface area contributed by atoms with Gasteiger partial charge in [-0.05, 0) is 55.8 Å². The van der Waals surface area contributed by atoms with Gasteiger partial charge >= 0.3 is 0 Å². The Morgan fingerprint density at radius 2 is 1.85 bits per heavy atom. The molecule has 1 aliphatic heterocycles. The third-order valence-corrected chi connectivity index (χ3v) is 5.39. The maximum atomic E-state index is 13.3. The van der Waals surface area contributed by atoms with Crippen LogP contribution in [0.25, 0.3) is 16.6 Å². The number of hydrogen-bond acceptors (Lipinski definition) is 4. The van der Waals surface area contributed by atoms with Gasteiger partial charge < -0.3 is 10.2 Å². The summed E-state index contributed by atoms with van der Waals surface area (Å²) in [6, 6.07) is 11.9. The summed E-state index contributed by atoms with van der Waals surface area (Å²) in [5.74, 6) is 0.697. The number of hydrogen-bond donors (Lipinski definition) is 1. The Balaban J connectivity index is 1.90. The minimum Gasteiger partial charge on any atom is -0.369 e. The van der Waals surface area contributed by atoms with Crippen LogP contribution in [0.1, 0.15) is 11.4 Å². The van der Waals surface area contributed by atoms with E-state index in [-0.39, 0.29) is 5.56 Å². The maximum Gasteiger partial charge on any atom is 0.266 e. The Morgan fingerprint density at radius 3 is 2.58 bits per heavy atom. The van der Waals surface area contributed by atoms with Crippen LogP contribution in [0, 0.1) is 13.8 Å². The van der Waals surface area contributed by atoms with Gasteiger partial charge in [0, 0.05) is 36.3 Å². The topological polar surface area (TPSA) is 50.2 Å². The molecule has 0 aliphatic carbocycles. The van der Waals surface area contributed by atoms with Crippen LogP contribution in [0.4, 0.5) is 5.69 Å². The molecule has 1 saturated heterocycles. The van der Waals surface area contributed by atoms with Gasteiger partial charge in [0.05, 0.1) is 16.6 Å². The highest BCUT2D eigenvalue weighted by Gasteiger charge is 2.15. The first-order valence-electron chi connectivity index (χ1n) is 8.80. The SMILES string of the molecule is Cc1cc(Br)ccc1-n1c(C)nc2ccc(N3CCNCC3)cc2c1=O. The van der Waals surface area contributed by atoms with E-state index in [0.717, 1.165) is 53.1 Å². The van der Waals surface area contributed by atoms with E-state index in [2.05, 4.69) is 37.2 Å². The van der Waals surface area contributed by atoms with E-state index < -0.39 is 0 Å². The fraction of sp³-hybridized carbons (Fsp3) is 0.300. The quantitative estimate of drug-likeness (QED) is 0.701. The number of piperazine rings is 1. The van der Waals surface area contributed by atoms with Crippen molar-refractivity contribution in [2.75, 3.05) is 31.1 Å². The second kappa shape index (κ2) is 6.85. The molecule has 1 aromatic heterocycles. The Labute approximate surface area is 160 Å². The summed E-state index contributed by atoms with van der Waals surface area (Å²) in [6.07, 6.45) is 0. The van der Waals surface area contributed by atoms with E-state index in [1.807, 2.05) is 44.2 Å². The summed E-state index contributed by atoms with van der Waals surface area (Å²) in [4.78, 5) is 20.3. The van der Waals surface area contributed by atoms with Gasteiger partial charge in [0.2, 0.25) is 0 Å². The summed E-state index contributed by atoms with van der Waals surface area (Å²) in [7, 11) is 0. The smallest absolute Gasteiger partial charge is 0.266 e. The van der Waals surface area contributed by atoms with Gasteiger partial charge in [0.1, 0.15) is 5.82 Å². The average molecular weight is 413 g/mol. The molecule has 6 heteroatoms. The van der Waals surface area contributed by atoms with Gasteiger partial charge in [-0.15, -0.1) is 0 Å². The number of nitrogens with zero attached hydrogens (tertiary/aromatic N) is 3. The second-order valence-electron chi connectivity index (χ2n) is 6.67. The molecule has 0 bridgehead atoms. The molecule has 1 N–H and O–H groups in total. The first-order valence-corrected chi connectivity index (χ1v) is 9.59. The summed E-state index contributed by atoms with van der Waals surface area (Å²) < 4.78 is 2.71. The first kappa shape index (κ1) is 17.2. The van der Waals surface area contributed by atoms with Crippen molar-refractivity contribution < 1.29 is 0 Å². The summed E-state index contributed by atoms with van der Waals surface area (Å²) in [6.45, 7) is 7.72. The van der Waals surface area contributed by atoms with Crippen LogP contribution in [0.5, 0.6) is 0 Å². The molecule has 2 aromatic carbocycles. The number of nitrogens with one attached hydrogen (secondary N) is 1. The van der Waals surface area contributed by atoms with Crippen molar-refractivity contribution in [2.24, 2.45) is 0 Å². The lowest BCUT2D eigenvalue weighted by Crippen LogP contribution is -2.43. The van der Waals surface area contributed by atoms with Gasteiger partial charge in [-0.1, -0.05) is 15.9 Å². The molecular weight excluding hydrogens is 392 g/mol. The molecule has 0 amide bonds. The van der Waals surface area contributed by atoms with E-state index in [4.69, 9.17) is 0 Å². The molecule has 26 heavy (non-hydrogen) atoms. The molecule has 0 atom stereocenters. The van der Waals surface area contributed by atoms with Gasteiger partial charge in [-0.3, -0.25) is 9.36 Å². The first-order chi connectivity index (χ1) is 12.5. The van der Waals surface area contributed by atoms with Crippen LogP contribution >= 0.6 is 15.9 Å². The predicted molar refractivity (Wildman–Crippen MR) is 110 cm³/mol. The standard InChI is InChI=1S/C20H21BrN4O/c1-13-11-15(21)3-6-19(13)25-14(2)23-18-5-4-16(12-17(18)20(25)26)24-9-7-22-8-10-24/h3-6,11-12,22H,7-10H2,1-2H3. The lowest BCUT2D eigenvalue weighted by atomic mass is 10.1. The van der Waals surface area contributed by atoms with Crippen molar-refractivity contribution in [1.29, 1.82) is 0 Å². The maximum absolute atomic E-state index is 13.3. The molecule has 3 aromatic rings. The molecule has 1 fully saturated rings. The Kier molecular flexibility index (Phi) is 4.54. The zero-order chi connectivity index (χ0) is 18.3. The number of aryl methyl sites for hydroxylation is 2. The minimum atomic E-state index is -0.0186. The molecular formula is C20H21BrN4O. The number of anilines is 1. The number of rotatable bonds is 2. The minimum absolute atomic E-state index is 0.0186. The lowest BCUT2D eigenvalue weighted by Gasteiger charge is -2.29. The van der Waals surface area contributed by atoms with Crippen molar-refractivity contribution >= 4 is 32.5 Å². The molecule has 0 saturated carbocycles. The third-order valence-electron chi connectivity index (χ3n) is 4.90. The highest BCUT2D eigenvalue weighted by molar-refractivity contribution is 9.10. The van der Waals surface area contributed by atoms with E-state index in [0.29, 0.717) is 11.2 Å². The van der Waals surface area contributed by atoms with E-state index in [1.165, 1.54) is 0 Å². The number of halogens is 1. The largest absolute Gasteiger partial charge is 0.369 e. The monoisotopic (exact) mass is 412 g/mol. The van der Waals surface area contributed by atoms with Gasteiger partial charge in [0.25, 0.3) is 5.56 Å². The van der Waals surface area contributed by atoms with Crippen molar-refractivity contribution in [3.63, 3.8) is 0 Å². The van der Waals surface area contributed by atoms with Gasteiger partial charge in [-0.25, -0.2) is 4.98 Å². The number of benzene rings is 2. The Morgan fingerprint density at radius 1 is 1.08 bits per heavy atom. The van der Waals surface area contributed by atoms with E-state index >= 15 is 0 Å². The number of aromatic nitrogens is 2. The average Bonchev–Trinajstić information content (AvgIpc) is 2.64. The van der Waals surface area contributed by atoms with Crippen LogP contribution < -0.4 is 15.8 Å². The summed E-state index contributed by atoms with van der Waals surface area (Å²) in [5.41, 5.74) is 3.72. The van der Waals surface area contributed by atoms with Crippen molar-refractivity contribution in [3.05, 3.63) is 62.6 Å². The zero-order valence-electron chi connectivity index (χ0n) is 14.9. The summed E-state index contributed by atoms with van der Waals surface area (Å²) in [5, 5.41) is 4.02.